The van der Waals surface area contributed by atoms with Gasteiger partial charge in [0.05, 0.1) is 12.1 Å². The molecule has 0 aliphatic rings. The van der Waals surface area contributed by atoms with Crippen molar-refractivity contribution in [3.63, 3.8) is 0 Å². The van der Waals surface area contributed by atoms with E-state index in [4.69, 9.17) is 9.47 Å². The summed E-state index contributed by atoms with van der Waals surface area (Å²) in [5.74, 6) is 1.19. The van der Waals surface area contributed by atoms with Crippen LogP contribution in [0.5, 0.6) is 11.5 Å². The lowest BCUT2D eigenvalue weighted by Crippen LogP contribution is -2.28. The van der Waals surface area contributed by atoms with E-state index < -0.39 is 0 Å². The second-order valence-corrected chi connectivity index (χ2v) is 6.19. The Kier molecular flexibility index (Phi) is 6.47. The van der Waals surface area contributed by atoms with Crippen molar-refractivity contribution in [3.05, 3.63) is 95.6 Å². The maximum absolute atomic E-state index is 12.5. The van der Waals surface area contributed by atoms with E-state index in [9.17, 15) is 4.79 Å². The quantitative estimate of drug-likeness (QED) is 0.606. The Labute approximate surface area is 159 Å². The van der Waals surface area contributed by atoms with Crippen molar-refractivity contribution >= 4 is 5.91 Å². The lowest BCUT2D eigenvalue weighted by Gasteiger charge is -2.12. The Hall–Kier alpha value is -3.27. The number of para-hydroxylation sites is 1. The number of amides is 1. The zero-order valence-corrected chi connectivity index (χ0v) is 15.4. The van der Waals surface area contributed by atoms with E-state index >= 15 is 0 Å². The van der Waals surface area contributed by atoms with Crippen LogP contribution < -0.4 is 14.8 Å². The van der Waals surface area contributed by atoms with Crippen LogP contribution in [0.25, 0.3) is 0 Å². The fourth-order valence-corrected chi connectivity index (χ4v) is 2.58. The maximum Gasteiger partial charge on any atom is 0.255 e. The largest absolute Gasteiger partial charge is 0.492 e. The molecule has 3 rings (SSSR count). The third-order valence-electron chi connectivity index (χ3n) is 4.05. The van der Waals surface area contributed by atoms with Crippen LogP contribution in [0, 0.1) is 6.92 Å². The Bertz CT molecular complexity index is 860. The molecule has 0 heterocycles. The molecule has 4 nitrogen and oxygen atoms in total. The van der Waals surface area contributed by atoms with Crippen molar-refractivity contribution in [2.45, 2.75) is 13.5 Å². The van der Waals surface area contributed by atoms with E-state index in [2.05, 4.69) is 5.32 Å². The topological polar surface area (TPSA) is 47.6 Å². The maximum atomic E-state index is 12.5. The summed E-state index contributed by atoms with van der Waals surface area (Å²) in [4.78, 5) is 12.5. The molecule has 0 unspecified atom stereocenters. The molecule has 0 fully saturated rings. The minimum Gasteiger partial charge on any atom is -0.492 e. The van der Waals surface area contributed by atoms with Crippen molar-refractivity contribution < 1.29 is 14.3 Å². The molecule has 0 aromatic heterocycles. The molecular weight excluding hydrogens is 338 g/mol. The summed E-state index contributed by atoms with van der Waals surface area (Å²) >= 11 is 0. The van der Waals surface area contributed by atoms with E-state index in [0.717, 1.165) is 11.3 Å². The van der Waals surface area contributed by atoms with Gasteiger partial charge in [-0.2, -0.15) is 0 Å². The lowest BCUT2D eigenvalue weighted by molar-refractivity contribution is 0.0942. The molecule has 0 bridgehead atoms. The number of hydrogen-bond acceptors (Lipinski definition) is 3. The summed E-state index contributed by atoms with van der Waals surface area (Å²) in [6.07, 6.45) is 0. The highest BCUT2D eigenvalue weighted by Crippen LogP contribution is 2.19. The summed E-state index contributed by atoms with van der Waals surface area (Å²) in [6.45, 7) is 3.27. The molecule has 0 aliphatic heterocycles. The molecular formula is C23H23NO3. The molecule has 4 heteroatoms. The number of rotatable bonds is 8. The van der Waals surface area contributed by atoms with Crippen LogP contribution in [-0.4, -0.2) is 19.1 Å². The molecule has 0 radical (unpaired) electrons. The number of carbonyl (C=O) groups excluding carboxylic acids is 1. The van der Waals surface area contributed by atoms with Crippen LogP contribution in [0.3, 0.4) is 0 Å². The first-order valence-corrected chi connectivity index (χ1v) is 8.96. The first-order chi connectivity index (χ1) is 13.2. The first kappa shape index (κ1) is 18.5. The van der Waals surface area contributed by atoms with Crippen molar-refractivity contribution in [2.75, 3.05) is 13.2 Å². The monoisotopic (exact) mass is 361 g/mol. The van der Waals surface area contributed by atoms with Gasteiger partial charge in [-0.15, -0.1) is 0 Å². The number of hydrogen-bond donors (Lipinski definition) is 1. The molecule has 1 amide bonds. The van der Waals surface area contributed by atoms with Crippen molar-refractivity contribution in [3.8, 4) is 11.5 Å². The van der Waals surface area contributed by atoms with Crippen molar-refractivity contribution in [1.82, 2.24) is 5.32 Å². The number of benzene rings is 3. The van der Waals surface area contributed by atoms with E-state index in [1.807, 2.05) is 73.7 Å². The summed E-state index contributed by atoms with van der Waals surface area (Å²) < 4.78 is 11.5. The average Bonchev–Trinajstić information content (AvgIpc) is 2.72. The smallest absolute Gasteiger partial charge is 0.255 e. The summed E-state index contributed by atoms with van der Waals surface area (Å²) in [6, 6.07) is 25.0. The van der Waals surface area contributed by atoms with Crippen LogP contribution in [0.2, 0.25) is 0 Å². The van der Waals surface area contributed by atoms with Gasteiger partial charge in [0, 0.05) is 0 Å². The normalized spacial score (nSPS) is 10.3. The minimum atomic E-state index is -0.175. The highest BCUT2D eigenvalue weighted by molar-refractivity contribution is 5.96. The first-order valence-electron chi connectivity index (χ1n) is 8.96. The standard InChI is InChI=1S/C23H23NO3/c1-18-11-13-20(14-12-18)26-16-15-24-23(25)21-9-5-6-10-22(21)27-17-19-7-3-2-4-8-19/h2-14H,15-17H2,1H3,(H,24,25). The van der Waals surface area contributed by atoms with Crippen molar-refractivity contribution in [1.29, 1.82) is 0 Å². The van der Waals surface area contributed by atoms with Crippen LogP contribution in [0.4, 0.5) is 0 Å². The third kappa shape index (κ3) is 5.61. The highest BCUT2D eigenvalue weighted by Gasteiger charge is 2.11. The Morgan fingerprint density at radius 2 is 1.56 bits per heavy atom. The fourth-order valence-electron chi connectivity index (χ4n) is 2.58. The Morgan fingerprint density at radius 1 is 0.852 bits per heavy atom. The Balaban J connectivity index is 1.51. The van der Waals surface area contributed by atoms with Gasteiger partial charge in [-0.05, 0) is 36.8 Å². The van der Waals surface area contributed by atoms with Gasteiger partial charge < -0.3 is 14.8 Å². The fraction of sp³-hybridized carbons (Fsp3) is 0.174. The van der Waals surface area contributed by atoms with Crippen LogP contribution in [0.1, 0.15) is 21.5 Å². The number of aryl methyl sites for hydroxylation is 1. The SMILES string of the molecule is Cc1ccc(OCCNC(=O)c2ccccc2OCc2ccccc2)cc1. The second kappa shape index (κ2) is 9.43. The van der Waals surface area contributed by atoms with E-state index in [0.29, 0.717) is 31.1 Å². The summed E-state index contributed by atoms with van der Waals surface area (Å²) in [5.41, 5.74) is 2.76. The van der Waals surface area contributed by atoms with Gasteiger partial charge in [0.1, 0.15) is 24.7 Å². The van der Waals surface area contributed by atoms with Crippen LogP contribution in [-0.2, 0) is 6.61 Å². The van der Waals surface area contributed by atoms with E-state index in [1.54, 1.807) is 12.1 Å². The molecule has 3 aromatic carbocycles. The number of ether oxygens (including phenoxy) is 2. The minimum absolute atomic E-state index is 0.175. The van der Waals surface area contributed by atoms with Crippen molar-refractivity contribution in [2.24, 2.45) is 0 Å². The molecule has 0 spiro atoms. The number of nitrogens with one attached hydrogen (secondary N) is 1. The molecule has 27 heavy (non-hydrogen) atoms. The molecule has 138 valence electrons. The van der Waals surface area contributed by atoms with Gasteiger partial charge >= 0.3 is 0 Å². The summed E-state index contributed by atoms with van der Waals surface area (Å²) in [5, 5.41) is 2.88. The van der Waals surface area contributed by atoms with E-state index in [-0.39, 0.29) is 5.91 Å². The zero-order valence-electron chi connectivity index (χ0n) is 15.4. The van der Waals surface area contributed by atoms with Gasteiger partial charge in [-0.1, -0.05) is 60.2 Å². The molecule has 1 N–H and O–H groups in total. The zero-order chi connectivity index (χ0) is 18.9. The molecule has 0 atom stereocenters. The lowest BCUT2D eigenvalue weighted by atomic mass is 10.2. The highest BCUT2D eigenvalue weighted by atomic mass is 16.5. The second-order valence-electron chi connectivity index (χ2n) is 6.19. The van der Waals surface area contributed by atoms with E-state index in [1.165, 1.54) is 5.56 Å². The van der Waals surface area contributed by atoms with Crippen LogP contribution >= 0.6 is 0 Å². The van der Waals surface area contributed by atoms with Gasteiger partial charge in [-0.3, -0.25) is 4.79 Å². The molecule has 0 aliphatic carbocycles. The average molecular weight is 361 g/mol. The Morgan fingerprint density at radius 3 is 2.33 bits per heavy atom. The molecule has 0 saturated carbocycles. The van der Waals surface area contributed by atoms with Crippen LogP contribution in [0.15, 0.2) is 78.9 Å². The molecule has 3 aromatic rings. The van der Waals surface area contributed by atoms with Gasteiger partial charge in [-0.25, -0.2) is 0 Å². The molecule has 0 saturated heterocycles. The van der Waals surface area contributed by atoms with Gasteiger partial charge in [0.25, 0.3) is 5.91 Å². The van der Waals surface area contributed by atoms with Gasteiger partial charge in [0.15, 0.2) is 0 Å². The third-order valence-corrected chi connectivity index (χ3v) is 4.05. The summed E-state index contributed by atoms with van der Waals surface area (Å²) in [7, 11) is 0. The predicted molar refractivity (Wildman–Crippen MR) is 106 cm³/mol. The number of carbonyl (C=O) groups is 1. The predicted octanol–water partition coefficient (Wildman–Crippen LogP) is 4.38. The van der Waals surface area contributed by atoms with Gasteiger partial charge in [0.2, 0.25) is 0 Å².